The molecule has 2 fully saturated rings. The number of rotatable bonds is 6. The van der Waals surface area contributed by atoms with Gasteiger partial charge >= 0.3 is 12.1 Å². The number of hydrogen-bond acceptors (Lipinski definition) is 7. The first-order valence-electron chi connectivity index (χ1n) is 10.5. The fraction of sp³-hybridized carbons (Fsp3) is 0.545. The number of halogens is 3. The molecule has 1 N–H and O–H groups in total. The maximum absolute atomic E-state index is 10.6. The number of aromatic nitrogens is 1. The fourth-order valence-corrected chi connectivity index (χ4v) is 4.56. The summed E-state index contributed by atoms with van der Waals surface area (Å²) in [7, 11) is 1.70. The van der Waals surface area contributed by atoms with Crippen molar-refractivity contribution in [3.05, 3.63) is 45.9 Å². The van der Waals surface area contributed by atoms with Crippen molar-refractivity contribution in [2.75, 3.05) is 20.3 Å². The Hall–Kier alpha value is -2.21. The van der Waals surface area contributed by atoms with Crippen LogP contribution in [0.2, 0.25) is 0 Å². The van der Waals surface area contributed by atoms with E-state index < -0.39 is 12.1 Å². The minimum Gasteiger partial charge on any atom is -0.497 e. The van der Waals surface area contributed by atoms with Gasteiger partial charge in [-0.15, -0.1) is 11.3 Å². The number of thiazole rings is 1. The van der Waals surface area contributed by atoms with Gasteiger partial charge in [0.05, 0.1) is 30.5 Å². The molecule has 0 amide bonds. The van der Waals surface area contributed by atoms with E-state index >= 15 is 0 Å². The van der Waals surface area contributed by atoms with Crippen LogP contribution >= 0.6 is 11.3 Å². The number of alkyl halides is 3. The summed E-state index contributed by atoms with van der Waals surface area (Å²) in [6, 6.07) is 8.78. The zero-order valence-electron chi connectivity index (χ0n) is 18.4. The summed E-state index contributed by atoms with van der Waals surface area (Å²) in [5.41, 5.74) is 2.32. The number of hydrogen-bond donors (Lipinski definition) is 1. The van der Waals surface area contributed by atoms with Crippen LogP contribution in [-0.2, 0) is 27.4 Å². The van der Waals surface area contributed by atoms with E-state index in [0.717, 1.165) is 42.6 Å². The Labute approximate surface area is 194 Å². The maximum Gasteiger partial charge on any atom is 0.490 e. The summed E-state index contributed by atoms with van der Waals surface area (Å²) in [4.78, 5) is 15.9. The maximum atomic E-state index is 10.6. The van der Waals surface area contributed by atoms with Gasteiger partial charge in [-0.05, 0) is 37.5 Å². The average Bonchev–Trinajstić information content (AvgIpc) is 3.36. The SMILES string of the molecule is COc1ccc(CN2C[C@@H](OCc3csc(C)n3)[C@H]3OCCC[C@H]32)cc1.O=C(O)C(F)(F)F. The van der Waals surface area contributed by atoms with Crippen molar-refractivity contribution in [3.63, 3.8) is 0 Å². The smallest absolute Gasteiger partial charge is 0.490 e. The van der Waals surface area contributed by atoms with E-state index in [1.54, 1.807) is 18.4 Å². The number of methoxy groups -OCH3 is 1. The van der Waals surface area contributed by atoms with Gasteiger partial charge in [0.2, 0.25) is 0 Å². The number of carboxylic acid groups (broad SMARTS) is 1. The molecule has 0 saturated carbocycles. The number of fused-ring (bicyclic) bond motifs is 1. The Balaban J connectivity index is 0.000000383. The Kier molecular flexibility index (Phi) is 8.69. The molecule has 4 rings (SSSR count). The molecule has 1 aromatic carbocycles. The molecule has 0 spiro atoms. The zero-order valence-corrected chi connectivity index (χ0v) is 19.2. The second kappa shape index (κ2) is 11.3. The quantitative estimate of drug-likeness (QED) is 0.657. The highest BCUT2D eigenvalue weighted by atomic mass is 32.1. The molecule has 0 bridgehead atoms. The number of carboxylic acids is 1. The molecule has 2 aliphatic rings. The number of benzene rings is 1. The molecule has 182 valence electrons. The van der Waals surface area contributed by atoms with Gasteiger partial charge in [0.1, 0.15) is 11.9 Å². The van der Waals surface area contributed by atoms with Crippen molar-refractivity contribution in [2.24, 2.45) is 0 Å². The molecular formula is C22H27F3N2O5S. The Bertz CT molecular complexity index is 906. The van der Waals surface area contributed by atoms with Crippen LogP contribution in [0.15, 0.2) is 29.6 Å². The zero-order chi connectivity index (χ0) is 24.0. The van der Waals surface area contributed by atoms with E-state index in [4.69, 9.17) is 24.1 Å². The molecule has 2 aromatic rings. The lowest BCUT2D eigenvalue weighted by Crippen LogP contribution is -2.41. The summed E-state index contributed by atoms with van der Waals surface area (Å²) in [5.74, 6) is -1.86. The number of nitrogens with zero attached hydrogens (tertiary/aromatic N) is 2. The molecular weight excluding hydrogens is 461 g/mol. The molecule has 7 nitrogen and oxygen atoms in total. The van der Waals surface area contributed by atoms with Crippen LogP contribution in [0, 0.1) is 6.92 Å². The number of aryl methyl sites for hydroxylation is 1. The van der Waals surface area contributed by atoms with E-state index in [1.165, 1.54) is 12.0 Å². The summed E-state index contributed by atoms with van der Waals surface area (Å²) in [6.07, 6.45) is -2.50. The molecule has 1 aromatic heterocycles. The third-order valence-electron chi connectivity index (χ3n) is 5.48. The topological polar surface area (TPSA) is 81.1 Å². The second-order valence-corrected chi connectivity index (χ2v) is 8.89. The molecule has 2 aliphatic heterocycles. The van der Waals surface area contributed by atoms with Gasteiger partial charge in [0.15, 0.2) is 0 Å². The van der Waals surface area contributed by atoms with Crippen LogP contribution in [0.4, 0.5) is 13.2 Å². The van der Waals surface area contributed by atoms with Crippen LogP contribution in [0.25, 0.3) is 0 Å². The van der Waals surface area contributed by atoms with Crippen LogP contribution in [0.3, 0.4) is 0 Å². The minimum atomic E-state index is -5.08. The monoisotopic (exact) mass is 488 g/mol. The second-order valence-electron chi connectivity index (χ2n) is 7.83. The largest absolute Gasteiger partial charge is 0.497 e. The van der Waals surface area contributed by atoms with Crippen molar-refractivity contribution in [1.29, 1.82) is 0 Å². The van der Waals surface area contributed by atoms with Gasteiger partial charge in [-0.2, -0.15) is 13.2 Å². The van der Waals surface area contributed by atoms with E-state index in [9.17, 15) is 13.2 Å². The standard InChI is InChI=1S/C20H26N2O3S.C2HF3O2/c1-14-21-16(13-26-14)12-25-19-11-22(18-4-3-9-24-20(18)19)10-15-5-7-17(23-2)8-6-15;3-2(4,5)1(6)7/h5-8,13,18-20H,3-4,9-12H2,1-2H3;(H,6,7)/t18-,19-,20+;/m1./s1. The fourth-order valence-electron chi connectivity index (χ4n) is 3.96. The Morgan fingerprint density at radius 1 is 1.33 bits per heavy atom. The Morgan fingerprint density at radius 3 is 2.61 bits per heavy atom. The molecule has 2 saturated heterocycles. The van der Waals surface area contributed by atoms with Gasteiger partial charge in [0, 0.05) is 31.1 Å². The van der Waals surface area contributed by atoms with E-state index in [-0.39, 0.29) is 12.2 Å². The van der Waals surface area contributed by atoms with Crippen LogP contribution in [-0.4, -0.2) is 65.6 Å². The van der Waals surface area contributed by atoms with Gasteiger partial charge in [-0.25, -0.2) is 9.78 Å². The van der Waals surface area contributed by atoms with Crippen LogP contribution in [0.5, 0.6) is 5.75 Å². The predicted octanol–water partition coefficient (Wildman–Crippen LogP) is 4.04. The number of aliphatic carboxylic acids is 1. The third-order valence-corrected chi connectivity index (χ3v) is 6.31. The first-order valence-corrected chi connectivity index (χ1v) is 11.4. The molecule has 3 atom stereocenters. The number of ether oxygens (including phenoxy) is 3. The normalized spacial score (nSPS) is 22.9. The summed E-state index contributed by atoms with van der Waals surface area (Å²) in [6.45, 7) is 5.26. The van der Waals surface area contributed by atoms with Gasteiger partial charge in [0.25, 0.3) is 0 Å². The highest BCUT2D eigenvalue weighted by Gasteiger charge is 2.44. The van der Waals surface area contributed by atoms with Gasteiger partial charge in [-0.1, -0.05) is 12.1 Å². The molecule has 3 heterocycles. The minimum absolute atomic E-state index is 0.112. The number of carbonyl (C=O) groups is 1. The molecule has 33 heavy (non-hydrogen) atoms. The third kappa shape index (κ3) is 7.13. The van der Waals surface area contributed by atoms with Gasteiger partial charge < -0.3 is 19.3 Å². The summed E-state index contributed by atoms with van der Waals surface area (Å²) >= 11 is 1.67. The van der Waals surface area contributed by atoms with Crippen molar-refractivity contribution in [1.82, 2.24) is 9.88 Å². The first-order chi connectivity index (χ1) is 15.7. The van der Waals surface area contributed by atoms with Gasteiger partial charge in [-0.3, -0.25) is 4.90 Å². The van der Waals surface area contributed by atoms with Crippen molar-refractivity contribution in [3.8, 4) is 5.75 Å². The summed E-state index contributed by atoms with van der Waals surface area (Å²) in [5, 5.41) is 10.3. The van der Waals surface area contributed by atoms with Crippen LogP contribution in [0.1, 0.15) is 29.1 Å². The van der Waals surface area contributed by atoms with E-state index in [1.807, 2.05) is 19.1 Å². The molecule has 11 heteroatoms. The molecule has 0 unspecified atom stereocenters. The first kappa shape index (κ1) is 25.4. The Morgan fingerprint density at radius 2 is 2.03 bits per heavy atom. The average molecular weight is 489 g/mol. The molecule has 0 radical (unpaired) electrons. The lowest BCUT2D eigenvalue weighted by molar-refractivity contribution is -0.192. The van der Waals surface area contributed by atoms with E-state index in [2.05, 4.69) is 27.4 Å². The van der Waals surface area contributed by atoms with E-state index in [0.29, 0.717) is 12.6 Å². The van der Waals surface area contributed by atoms with Crippen molar-refractivity contribution in [2.45, 2.75) is 57.3 Å². The number of likely N-dealkylation sites (tertiary alicyclic amines) is 1. The lowest BCUT2D eigenvalue weighted by Gasteiger charge is -2.32. The lowest BCUT2D eigenvalue weighted by atomic mass is 10.0. The molecule has 0 aliphatic carbocycles. The van der Waals surface area contributed by atoms with Crippen molar-refractivity contribution >= 4 is 17.3 Å². The van der Waals surface area contributed by atoms with Crippen LogP contribution < -0.4 is 4.74 Å². The highest BCUT2D eigenvalue weighted by molar-refractivity contribution is 7.09. The van der Waals surface area contributed by atoms with Crippen molar-refractivity contribution < 1.29 is 37.3 Å². The highest BCUT2D eigenvalue weighted by Crippen LogP contribution is 2.32. The predicted molar refractivity (Wildman–Crippen MR) is 115 cm³/mol. The summed E-state index contributed by atoms with van der Waals surface area (Å²) < 4.78 is 49.3.